The van der Waals surface area contributed by atoms with Crippen LogP contribution in [0.2, 0.25) is 0 Å². The summed E-state index contributed by atoms with van der Waals surface area (Å²) >= 11 is 11.4. The van der Waals surface area contributed by atoms with E-state index in [1.807, 2.05) is 141 Å². The number of benzene rings is 5. The molecule has 21 atom stereocenters. The van der Waals surface area contributed by atoms with E-state index in [4.69, 9.17) is 71.4 Å². The first-order valence-electron chi connectivity index (χ1n) is 35.4. The fraction of sp³-hybridized carbons (Fsp3) is 0.519. The van der Waals surface area contributed by atoms with E-state index in [0.29, 0.717) is 25.9 Å². The van der Waals surface area contributed by atoms with Crippen LogP contribution in [0.4, 0.5) is 0 Å². The van der Waals surface area contributed by atoms with E-state index in [1.165, 1.54) is 65.8 Å². The summed E-state index contributed by atoms with van der Waals surface area (Å²) in [6.45, 7) is 19.5. The molecular formula is C79H103Br2NaO26S3. The maximum atomic E-state index is 11.3. The van der Waals surface area contributed by atoms with E-state index in [2.05, 4.69) is 56.1 Å². The topological polar surface area (TPSA) is 350 Å². The van der Waals surface area contributed by atoms with Crippen molar-refractivity contribution in [3.8, 4) is 0 Å². The average molecular weight is 1750 g/mol. The van der Waals surface area contributed by atoms with Gasteiger partial charge in [0.05, 0.1) is 55.8 Å². The molecule has 5 aromatic carbocycles. The molecular weight excluding hydrogens is 1640 g/mol. The molecule has 5 aliphatic heterocycles. The maximum absolute atomic E-state index is 11.3. The average Bonchev–Trinajstić information content (AvgIpc) is 0.799. The molecule has 0 spiro atoms. The molecule has 111 heavy (non-hydrogen) atoms. The normalized spacial score (nSPS) is 28.2. The van der Waals surface area contributed by atoms with Gasteiger partial charge in [-0.25, -0.2) is 0 Å². The summed E-state index contributed by atoms with van der Waals surface area (Å²) in [5.74, 6) is -3.97. The van der Waals surface area contributed by atoms with Crippen LogP contribution in [0.3, 0.4) is 0 Å². The van der Waals surface area contributed by atoms with Crippen LogP contribution < -0.4 is 34.7 Å². The van der Waals surface area contributed by atoms with Crippen LogP contribution in [-0.2, 0) is 117 Å². The zero-order valence-corrected chi connectivity index (χ0v) is 72.6. The number of hydrogen-bond acceptors (Lipinski definition) is 29. The van der Waals surface area contributed by atoms with Gasteiger partial charge in [-0.15, -0.1) is 0 Å². The van der Waals surface area contributed by atoms with E-state index in [1.54, 1.807) is 56.1 Å². The van der Waals surface area contributed by atoms with Crippen LogP contribution in [0.5, 0.6) is 0 Å². The van der Waals surface area contributed by atoms with Crippen LogP contribution in [0.15, 0.2) is 166 Å². The van der Waals surface area contributed by atoms with Gasteiger partial charge in [0.1, 0.15) is 40.7 Å². The number of ether oxygens (including phenoxy) is 14. The number of thioether (sulfide) groups is 3. The number of carbonyl (C=O) groups is 8. The third-order valence-corrected chi connectivity index (χ3v) is 20.8. The quantitative estimate of drug-likeness (QED) is 0.0321. The second-order valence-corrected chi connectivity index (χ2v) is 30.5. The van der Waals surface area contributed by atoms with Crippen molar-refractivity contribution >= 4 is 115 Å². The summed E-state index contributed by atoms with van der Waals surface area (Å²) in [5.41, 5.74) is 2.19. The Morgan fingerprint density at radius 1 is 0.378 bits per heavy atom. The summed E-state index contributed by atoms with van der Waals surface area (Å²) in [7, 11) is 0.750. The Bertz CT molecular complexity index is 3480. The van der Waals surface area contributed by atoms with Gasteiger partial charge in [0.2, 0.25) is 6.29 Å². The minimum Gasteiger partial charge on any atom is -0.857 e. The minimum absolute atomic E-state index is 0. The number of halogens is 2. The van der Waals surface area contributed by atoms with Crippen molar-refractivity contribution in [1.82, 2.24) is 0 Å². The number of aliphatic hydroxyl groups is 3. The molecule has 0 radical (unpaired) electrons. The van der Waals surface area contributed by atoms with Gasteiger partial charge in [-0.1, -0.05) is 182 Å². The molecule has 5 heterocycles. The maximum Gasteiger partial charge on any atom is 1.00 e. The van der Waals surface area contributed by atoms with Crippen molar-refractivity contribution in [3.05, 3.63) is 163 Å². The van der Waals surface area contributed by atoms with E-state index in [0.717, 1.165) is 27.8 Å². The fourth-order valence-electron chi connectivity index (χ4n) is 11.3. The van der Waals surface area contributed by atoms with Crippen LogP contribution in [0, 0.1) is 0 Å². The molecule has 26 nitrogen and oxygen atoms in total. The molecule has 10 rings (SSSR count). The predicted octanol–water partition coefficient (Wildman–Crippen LogP) is 8.30. The van der Waals surface area contributed by atoms with Crippen LogP contribution in [-0.4, -0.2) is 195 Å². The Balaban J connectivity index is 0.000000349. The monoisotopic (exact) mass is 1740 g/mol. The van der Waals surface area contributed by atoms with Gasteiger partial charge in [-0.3, -0.25) is 38.4 Å². The molecule has 0 bridgehead atoms. The molecule has 0 amide bonds. The summed E-state index contributed by atoms with van der Waals surface area (Å²) < 4.78 is 75.4. The first kappa shape index (κ1) is 99.7. The summed E-state index contributed by atoms with van der Waals surface area (Å²) in [5, 5.41) is 38.1. The van der Waals surface area contributed by atoms with Gasteiger partial charge in [0.25, 0.3) is 0 Å². The van der Waals surface area contributed by atoms with E-state index >= 15 is 0 Å². The number of aliphatic hydroxyl groups excluding tert-OH is 3. The zero-order chi connectivity index (χ0) is 81.6. The van der Waals surface area contributed by atoms with Crippen molar-refractivity contribution in [3.63, 3.8) is 0 Å². The Morgan fingerprint density at radius 3 is 1.08 bits per heavy atom. The van der Waals surface area contributed by atoms with Gasteiger partial charge >= 0.3 is 77.3 Å². The van der Waals surface area contributed by atoms with E-state index in [-0.39, 0.29) is 82.7 Å². The summed E-state index contributed by atoms with van der Waals surface area (Å²) in [4.78, 5) is 92.5. The second kappa shape index (κ2) is 53.6. The number of rotatable bonds is 18. The first-order valence-corrected chi connectivity index (χ1v) is 40.1. The van der Waals surface area contributed by atoms with Crippen molar-refractivity contribution in [1.29, 1.82) is 0 Å². The number of hydrogen-bond donors (Lipinski definition) is 3. The smallest absolute Gasteiger partial charge is 0.857 e. The Morgan fingerprint density at radius 2 is 0.694 bits per heavy atom. The second-order valence-electron chi connectivity index (χ2n) is 25.3. The SMILES string of the molecule is BrCc1ccccc1.CC(=O)OC1C(C)OC(Br)C(OC(C)=O)C1OC(C)=O.CC(=O)OC1CC(OC(C)=O)C(OC(C)=O)C(C)O1.CC(=O)OC1CC(Sc2ccccc2)OC(C)C1OC(C)=O.CC1OC(Sc2ccccc2)CC(O)C1O.CC1OC(Sc2ccccc2)CC(OCc2ccccc2)C1O.C[O-].[Na+]. The summed E-state index contributed by atoms with van der Waals surface area (Å²) in [6, 6.07) is 50.3. The van der Waals surface area contributed by atoms with E-state index < -0.39 is 126 Å². The summed E-state index contributed by atoms with van der Waals surface area (Å²) in [6.07, 6.45) is -8.48. The third kappa shape index (κ3) is 38.2. The van der Waals surface area contributed by atoms with Crippen LogP contribution in [0.25, 0.3) is 0 Å². The molecule has 21 unspecified atom stereocenters. The number of esters is 8. The Kier molecular flexibility index (Phi) is 48.1. The van der Waals surface area contributed by atoms with Gasteiger partial charge in [0, 0.05) is 94.7 Å². The van der Waals surface area contributed by atoms with Gasteiger partial charge in [0.15, 0.2) is 35.5 Å². The largest absolute Gasteiger partial charge is 1.00 e. The van der Waals surface area contributed by atoms with Crippen molar-refractivity contribution in [2.75, 3.05) is 7.11 Å². The van der Waals surface area contributed by atoms with Gasteiger partial charge in [-0.2, -0.15) is 7.11 Å². The number of alkyl halides is 2. The van der Waals surface area contributed by atoms with Crippen LogP contribution in [0.1, 0.15) is 127 Å². The molecule has 0 aromatic heterocycles. The molecule has 5 aromatic rings. The number of carbonyl (C=O) groups excluding carboxylic acids is 8. The molecule has 5 saturated heterocycles. The Labute approximate surface area is 701 Å². The van der Waals surface area contributed by atoms with Crippen molar-refractivity contribution < 1.29 is 155 Å². The fourth-order valence-corrected chi connectivity index (χ4v) is 15.9. The van der Waals surface area contributed by atoms with Gasteiger partial charge < -0.3 is 86.7 Å². The standard InChI is InChI=1S/C19H22O3S.C16H20O5S.C12H17BrO7.C12H18O7.C12H16O3S.C7H7Br.CH3O.Na/c1-14-19(20)17(21-13-15-8-4-2-5-9-15)12-18(22-14)23-16-10-6-3-7-11-16;1-10-16(21-12(3)18)14(20-11(2)17)9-15(19-10)22-13-7-5-4-6-8-13;1-5-9(18-6(2)14)10(19-7(3)15)11(12(13)17-5)20-8(4)16;1-6-12(19-9(4)15)10(17-7(2)13)5-11(16-6)18-8(3)14;1-8-12(14)10(13)7-11(15-8)16-9-5-3-2-4-6-9;8-6-7-4-2-1-3-5-7;1-2;/h2-11,14,17-20H,12-13H2,1H3;4-8,10,14-16H,9H2,1-3H3;5,9-12H,1-4H3;6,10-12H,5H2,1-4H3;2-6,8,10-14H,7H2,1H3;1-5H,6H2;1H3;/q;;;;;;-1;+1. The van der Waals surface area contributed by atoms with Crippen LogP contribution >= 0.6 is 67.1 Å². The first-order chi connectivity index (χ1) is 52.3. The molecule has 0 aliphatic carbocycles. The minimum atomic E-state index is -0.937. The molecule has 0 saturated carbocycles. The molecule has 5 fully saturated rings. The molecule has 3 N–H and O–H groups in total. The third-order valence-electron chi connectivity index (χ3n) is 16.1. The molecule has 5 aliphatic rings. The Hall–Kier alpha value is -5.53. The van der Waals surface area contributed by atoms with Crippen molar-refractivity contribution in [2.45, 2.75) is 268 Å². The molecule has 32 heteroatoms. The zero-order valence-electron chi connectivity index (χ0n) is 65.0. The van der Waals surface area contributed by atoms with E-state index in [9.17, 15) is 53.7 Å². The van der Waals surface area contributed by atoms with Crippen molar-refractivity contribution in [2.24, 2.45) is 0 Å². The molecule has 608 valence electrons. The van der Waals surface area contributed by atoms with Gasteiger partial charge in [-0.05, 0) is 82.1 Å². The predicted molar refractivity (Wildman–Crippen MR) is 415 cm³/mol.